The Morgan fingerprint density at radius 3 is 2.15 bits per heavy atom. The van der Waals surface area contributed by atoms with Crippen LogP contribution in [0.2, 0.25) is 0 Å². The molecule has 0 amide bonds. The van der Waals surface area contributed by atoms with Crippen LogP contribution in [0, 0.1) is 17.2 Å². The molecule has 60 heavy (non-hydrogen) atoms. The van der Waals surface area contributed by atoms with Crippen molar-refractivity contribution >= 4 is 37.0 Å². The first kappa shape index (κ1) is 46.5. The van der Waals surface area contributed by atoms with Gasteiger partial charge in [0.15, 0.2) is 18.0 Å². The molecule has 0 aliphatic carbocycles. The van der Waals surface area contributed by atoms with E-state index >= 15 is 0 Å². The number of nitrogens with two attached hydrogens (primary N) is 1. The van der Waals surface area contributed by atoms with Crippen molar-refractivity contribution in [3.8, 4) is 11.8 Å². The van der Waals surface area contributed by atoms with E-state index in [4.69, 9.17) is 33.7 Å². The molecule has 3 aromatic rings. The van der Waals surface area contributed by atoms with Crippen LogP contribution in [0.25, 0.3) is 5.52 Å². The molecule has 1 unspecified atom stereocenters. The maximum atomic E-state index is 14.7. The summed E-state index contributed by atoms with van der Waals surface area (Å²) in [5.41, 5.74) is 4.51. The molecule has 0 radical (unpaired) electrons. The van der Waals surface area contributed by atoms with Gasteiger partial charge >= 0.3 is 25.7 Å². The number of fused-ring (bicyclic) bond motifs is 2. The summed E-state index contributed by atoms with van der Waals surface area (Å²) in [5.74, 6) is -1.43. The van der Waals surface area contributed by atoms with E-state index in [1.807, 2.05) is 13.8 Å². The van der Waals surface area contributed by atoms with Crippen LogP contribution in [0.1, 0.15) is 129 Å². The largest absolute Gasteiger partial charge is 0.464 e. The minimum Gasteiger partial charge on any atom is -0.464 e. The van der Waals surface area contributed by atoms with Gasteiger partial charge in [-0.3, -0.25) is 18.9 Å². The van der Waals surface area contributed by atoms with Crippen LogP contribution in [0.3, 0.4) is 0 Å². The Bertz CT molecular complexity index is 1940. The summed E-state index contributed by atoms with van der Waals surface area (Å²) in [6.45, 7) is 5.07. The van der Waals surface area contributed by atoms with Crippen LogP contribution in [0.4, 0.5) is 5.82 Å². The van der Waals surface area contributed by atoms with Crippen molar-refractivity contribution in [2.45, 2.75) is 153 Å². The number of rotatable bonds is 13. The Hall–Kier alpha value is -4.55. The van der Waals surface area contributed by atoms with Crippen LogP contribution in [0.5, 0.6) is 5.75 Å². The van der Waals surface area contributed by atoms with Crippen LogP contribution in [-0.4, -0.2) is 70.1 Å². The average Bonchev–Trinajstić information content (AvgIpc) is 3.80. The topological polar surface area (TPSA) is 216 Å². The van der Waals surface area contributed by atoms with Gasteiger partial charge in [0.1, 0.15) is 35.8 Å². The number of hydrogen-bond donors (Lipinski definition) is 2. The lowest BCUT2D eigenvalue weighted by Crippen LogP contribution is -2.46. The van der Waals surface area contributed by atoms with E-state index < -0.39 is 62.2 Å². The molecule has 0 spiro atoms. The van der Waals surface area contributed by atoms with Crippen LogP contribution in [-0.2, 0) is 48.0 Å². The molecule has 17 heteroatoms. The third-order valence-corrected chi connectivity index (χ3v) is 12.8. The number of ether oxygens (including phenoxy) is 4. The standard InChI is InChI=1S/C43H61N6O10P/c1-4-32(5-2)27-54-42(52)31(3)48-60(53,59-33-21-17-16-18-22-33)55-28-35-39-40(43(29-44,58-35)36-26-25-34-41(45)46-30-47-49(34)36)57-38(51)24-20-15-13-11-9-7-6-8-10-12-14-19-23-37(50)56-39/h16-18,21-22,25-26,30-32,35,39-40H,4-15,19-20,23-24,27-28H2,1-3H3,(H,48,53)(H2,45,46,47)/t31-,35+,39+,40+,43-,60?/m0/s1. The number of nitrogens with one attached hydrogen (secondary N) is 1. The second-order valence-corrected chi connectivity index (χ2v) is 17.3. The zero-order chi connectivity index (χ0) is 43.0. The van der Waals surface area contributed by atoms with E-state index in [2.05, 4.69) is 21.2 Å². The molecule has 2 aliphatic heterocycles. The summed E-state index contributed by atoms with van der Waals surface area (Å²) in [6, 6.07) is 12.4. The summed E-state index contributed by atoms with van der Waals surface area (Å²) in [7, 11) is -4.48. The third-order valence-electron chi connectivity index (χ3n) is 11.2. The Labute approximate surface area is 352 Å². The van der Waals surface area contributed by atoms with Crippen molar-refractivity contribution in [2.75, 3.05) is 18.9 Å². The van der Waals surface area contributed by atoms with Gasteiger partial charge in [-0.05, 0) is 49.9 Å². The van der Waals surface area contributed by atoms with Gasteiger partial charge in [0, 0.05) is 12.8 Å². The predicted molar refractivity (Wildman–Crippen MR) is 222 cm³/mol. The van der Waals surface area contributed by atoms with E-state index in [1.54, 1.807) is 42.5 Å². The van der Waals surface area contributed by atoms with Gasteiger partial charge in [-0.15, -0.1) is 0 Å². The summed E-state index contributed by atoms with van der Waals surface area (Å²) in [4.78, 5) is 44.6. The van der Waals surface area contributed by atoms with Crippen LogP contribution >= 0.6 is 7.75 Å². The van der Waals surface area contributed by atoms with Crippen molar-refractivity contribution in [2.24, 2.45) is 5.92 Å². The summed E-state index contributed by atoms with van der Waals surface area (Å²) < 4.78 is 52.4. The zero-order valence-corrected chi connectivity index (χ0v) is 36.0. The van der Waals surface area contributed by atoms with Crippen LogP contribution < -0.4 is 15.3 Å². The molecule has 2 saturated heterocycles. The number of anilines is 1. The molecule has 6 atom stereocenters. The molecule has 0 bridgehead atoms. The number of esters is 3. The molecule has 2 aliphatic rings. The van der Waals surface area contributed by atoms with E-state index in [1.165, 1.54) is 30.6 Å². The van der Waals surface area contributed by atoms with Crippen molar-refractivity contribution in [1.29, 1.82) is 5.26 Å². The number of carbonyl (C=O) groups excluding carboxylic acids is 3. The normalized spacial score (nSPS) is 24.3. The summed E-state index contributed by atoms with van der Waals surface area (Å²) >= 11 is 0. The summed E-state index contributed by atoms with van der Waals surface area (Å²) in [5, 5.41) is 18.1. The first-order valence-electron chi connectivity index (χ1n) is 21.5. The van der Waals surface area contributed by atoms with Crippen molar-refractivity contribution in [3.05, 3.63) is 54.5 Å². The average molecular weight is 853 g/mol. The van der Waals surface area contributed by atoms with Gasteiger partial charge in [-0.1, -0.05) is 109 Å². The Morgan fingerprint density at radius 2 is 1.55 bits per heavy atom. The molecule has 4 heterocycles. The SMILES string of the molecule is CCC(CC)COC(=O)[C@H](C)NP(=O)(OC[C@H]1O[C@@](C#N)(c2ccc3c(N)ncnn23)[C@@H]2OC(=O)CCCCCCCCCCCCCCC(=O)O[C@@H]21)Oc1ccccc1. The quantitative estimate of drug-likeness (QED) is 0.0950. The lowest BCUT2D eigenvalue weighted by atomic mass is 9.92. The highest BCUT2D eigenvalue weighted by Crippen LogP contribution is 2.48. The van der Waals surface area contributed by atoms with Crippen molar-refractivity contribution in [1.82, 2.24) is 19.7 Å². The van der Waals surface area contributed by atoms with Gasteiger partial charge in [0.2, 0.25) is 5.60 Å². The number of hydrogen-bond acceptors (Lipinski definition) is 14. The van der Waals surface area contributed by atoms with E-state index in [-0.39, 0.29) is 42.6 Å². The zero-order valence-electron chi connectivity index (χ0n) is 35.1. The van der Waals surface area contributed by atoms with Gasteiger partial charge in [-0.25, -0.2) is 14.1 Å². The van der Waals surface area contributed by atoms with Crippen molar-refractivity contribution in [3.63, 3.8) is 0 Å². The van der Waals surface area contributed by atoms with Gasteiger partial charge < -0.3 is 29.2 Å². The van der Waals surface area contributed by atoms with E-state index in [0.29, 0.717) is 18.4 Å². The number of para-hydroxylation sites is 1. The fourth-order valence-corrected chi connectivity index (χ4v) is 9.04. The Kier molecular flexibility index (Phi) is 17.7. The molecule has 2 aromatic heterocycles. The molecule has 2 fully saturated rings. The Morgan fingerprint density at radius 1 is 0.950 bits per heavy atom. The van der Waals surface area contributed by atoms with Gasteiger partial charge in [0.05, 0.1) is 18.9 Å². The number of aromatic nitrogens is 3. The smallest absolute Gasteiger partial charge is 0.459 e. The highest BCUT2D eigenvalue weighted by Gasteiger charge is 2.63. The minimum absolute atomic E-state index is 0.0547. The fraction of sp³-hybridized carbons (Fsp3) is 0.628. The predicted octanol–water partition coefficient (Wildman–Crippen LogP) is 7.89. The third kappa shape index (κ3) is 12.5. The monoisotopic (exact) mass is 852 g/mol. The highest BCUT2D eigenvalue weighted by atomic mass is 31.2. The Balaban J connectivity index is 1.49. The number of nitrogen functional groups attached to an aromatic ring is 1. The van der Waals surface area contributed by atoms with E-state index in [9.17, 15) is 24.2 Å². The second-order valence-electron chi connectivity index (χ2n) is 15.6. The highest BCUT2D eigenvalue weighted by molar-refractivity contribution is 7.52. The summed E-state index contributed by atoms with van der Waals surface area (Å²) in [6.07, 6.45) is 10.2. The van der Waals surface area contributed by atoms with E-state index in [0.717, 1.165) is 64.2 Å². The molecular formula is C43H61N6O10P. The minimum atomic E-state index is -4.48. The lowest BCUT2D eigenvalue weighted by Gasteiger charge is -2.29. The molecule has 16 nitrogen and oxygen atoms in total. The number of carbonyl (C=O) groups is 3. The van der Waals surface area contributed by atoms with Gasteiger partial charge in [-0.2, -0.15) is 15.4 Å². The van der Waals surface area contributed by atoms with Gasteiger partial charge in [0.25, 0.3) is 0 Å². The maximum absolute atomic E-state index is 14.7. The lowest BCUT2D eigenvalue weighted by molar-refractivity contribution is -0.169. The number of nitriles is 1. The molecule has 3 N–H and O–H groups in total. The maximum Gasteiger partial charge on any atom is 0.459 e. The molecule has 1 aromatic carbocycles. The first-order valence-corrected chi connectivity index (χ1v) is 23.1. The molecular weight excluding hydrogens is 791 g/mol. The molecule has 5 rings (SSSR count). The first-order chi connectivity index (χ1) is 29.0. The fourth-order valence-electron chi connectivity index (χ4n) is 7.54. The second kappa shape index (κ2) is 22.9. The van der Waals surface area contributed by atoms with Crippen LogP contribution in [0.15, 0.2) is 48.8 Å². The number of benzene rings is 1. The molecule has 0 saturated carbocycles. The molecule has 328 valence electrons. The number of nitrogens with zero attached hydrogens (tertiary/aromatic N) is 4. The van der Waals surface area contributed by atoms with Crippen molar-refractivity contribution < 1.29 is 46.9 Å².